The SMILES string of the molecule is CC(C)N(CCOC=O)CCC(=O)O.CCN(CC)C(C)C.COC(=O)CCN(CCC(=O)OC)C(C)C. The first-order valence-corrected chi connectivity index (χ1v) is 13.4. The van der Waals surface area contributed by atoms with Crippen LogP contribution in [-0.2, 0) is 33.4 Å². The third-order valence-electron chi connectivity index (χ3n) is 5.84. The Bertz CT molecular complexity index is 591. The fourth-order valence-corrected chi connectivity index (χ4v) is 3.34. The molecule has 0 atom stereocenters. The molecule has 38 heavy (non-hydrogen) atoms. The van der Waals surface area contributed by atoms with E-state index in [9.17, 15) is 19.2 Å². The highest BCUT2D eigenvalue weighted by atomic mass is 16.5. The summed E-state index contributed by atoms with van der Waals surface area (Å²) in [5.74, 6) is -1.28. The van der Waals surface area contributed by atoms with Gasteiger partial charge >= 0.3 is 17.9 Å². The van der Waals surface area contributed by atoms with Crippen LogP contribution in [0.3, 0.4) is 0 Å². The Kier molecular flexibility index (Phi) is 27.9. The van der Waals surface area contributed by atoms with E-state index in [-0.39, 0.29) is 30.4 Å². The molecule has 0 spiro atoms. The van der Waals surface area contributed by atoms with Gasteiger partial charge in [-0.15, -0.1) is 0 Å². The van der Waals surface area contributed by atoms with E-state index >= 15 is 0 Å². The van der Waals surface area contributed by atoms with Gasteiger partial charge in [-0.05, 0) is 54.6 Å². The van der Waals surface area contributed by atoms with Gasteiger partial charge in [0.1, 0.15) is 6.61 Å². The van der Waals surface area contributed by atoms with Crippen molar-refractivity contribution in [3.05, 3.63) is 0 Å². The third kappa shape index (κ3) is 25.4. The topological polar surface area (TPSA) is 126 Å². The van der Waals surface area contributed by atoms with Gasteiger partial charge < -0.3 is 24.2 Å². The Morgan fingerprint density at radius 1 is 0.684 bits per heavy atom. The number of ether oxygens (including phenoxy) is 3. The average molecular weight is 550 g/mol. The number of hydrogen-bond acceptors (Lipinski definition) is 10. The highest BCUT2D eigenvalue weighted by Crippen LogP contribution is 2.03. The van der Waals surface area contributed by atoms with Gasteiger partial charge in [-0.25, -0.2) is 0 Å². The summed E-state index contributed by atoms with van der Waals surface area (Å²) in [7, 11) is 2.74. The summed E-state index contributed by atoms with van der Waals surface area (Å²) >= 11 is 0. The van der Waals surface area contributed by atoms with Crippen molar-refractivity contribution in [3.63, 3.8) is 0 Å². The van der Waals surface area contributed by atoms with Crippen molar-refractivity contribution in [1.82, 2.24) is 14.7 Å². The first kappa shape index (κ1) is 40.3. The second-order valence-corrected chi connectivity index (χ2v) is 9.34. The molecule has 0 amide bonds. The number of rotatable bonds is 18. The molecule has 0 saturated heterocycles. The highest BCUT2D eigenvalue weighted by molar-refractivity contribution is 5.70. The number of carbonyl (C=O) groups excluding carboxylic acids is 3. The van der Waals surface area contributed by atoms with E-state index in [1.54, 1.807) is 0 Å². The number of nitrogens with zero attached hydrogens (tertiary/aromatic N) is 3. The zero-order valence-electron chi connectivity index (χ0n) is 25.5. The smallest absolute Gasteiger partial charge is 0.306 e. The third-order valence-corrected chi connectivity index (χ3v) is 5.84. The molecule has 11 heteroatoms. The van der Waals surface area contributed by atoms with Gasteiger partial charge in [0.2, 0.25) is 0 Å². The maximum Gasteiger partial charge on any atom is 0.306 e. The molecule has 0 aliphatic heterocycles. The van der Waals surface area contributed by atoms with Gasteiger partial charge in [0, 0.05) is 44.3 Å². The first-order valence-electron chi connectivity index (χ1n) is 13.4. The Morgan fingerprint density at radius 2 is 1.05 bits per heavy atom. The van der Waals surface area contributed by atoms with Gasteiger partial charge in [-0.1, -0.05) is 13.8 Å². The van der Waals surface area contributed by atoms with Crippen LogP contribution in [0, 0.1) is 0 Å². The fourth-order valence-electron chi connectivity index (χ4n) is 3.34. The maximum atomic E-state index is 11.0. The van der Waals surface area contributed by atoms with E-state index in [0.29, 0.717) is 58.1 Å². The van der Waals surface area contributed by atoms with E-state index in [1.165, 1.54) is 27.3 Å². The van der Waals surface area contributed by atoms with E-state index in [1.807, 2.05) is 37.5 Å². The molecule has 0 aliphatic carbocycles. The van der Waals surface area contributed by atoms with Gasteiger partial charge in [-0.2, -0.15) is 0 Å². The molecule has 1 N–H and O–H groups in total. The van der Waals surface area contributed by atoms with E-state index in [2.05, 4.69) is 46.8 Å². The molecule has 0 fully saturated rings. The number of carboxylic acid groups (broad SMARTS) is 1. The Labute approximate surface area is 230 Å². The van der Waals surface area contributed by atoms with Crippen LogP contribution in [0.25, 0.3) is 0 Å². The maximum absolute atomic E-state index is 11.0. The fraction of sp³-hybridized carbons (Fsp3) is 0.852. The molecule has 0 aliphatic rings. The molecule has 0 heterocycles. The summed E-state index contributed by atoms with van der Waals surface area (Å²) < 4.78 is 13.7. The van der Waals surface area contributed by atoms with Crippen molar-refractivity contribution in [1.29, 1.82) is 0 Å². The summed E-state index contributed by atoms with van der Waals surface area (Å²) in [4.78, 5) is 48.6. The monoisotopic (exact) mass is 549 g/mol. The minimum atomic E-state index is -0.813. The van der Waals surface area contributed by atoms with E-state index in [0.717, 1.165) is 0 Å². The molecule has 0 unspecified atom stereocenters. The minimum absolute atomic E-state index is 0.110. The minimum Gasteiger partial charge on any atom is -0.481 e. The van der Waals surface area contributed by atoms with Crippen molar-refractivity contribution in [2.24, 2.45) is 0 Å². The van der Waals surface area contributed by atoms with Gasteiger partial charge in [0.25, 0.3) is 6.47 Å². The lowest BCUT2D eigenvalue weighted by Crippen LogP contribution is -2.35. The highest BCUT2D eigenvalue weighted by Gasteiger charge is 2.14. The van der Waals surface area contributed by atoms with Crippen LogP contribution < -0.4 is 0 Å². The second-order valence-electron chi connectivity index (χ2n) is 9.34. The lowest BCUT2D eigenvalue weighted by atomic mass is 10.2. The number of carboxylic acids is 1. The average Bonchev–Trinajstić information content (AvgIpc) is 2.86. The molecular formula is C27H55N3O8. The summed E-state index contributed by atoms with van der Waals surface area (Å²) in [5, 5.41) is 8.50. The second kappa shape index (κ2) is 26.4. The molecule has 11 nitrogen and oxygen atoms in total. The Hall–Kier alpha value is -2.24. The molecule has 0 aromatic heterocycles. The van der Waals surface area contributed by atoms with Crippen LogP contribution in [-0.4, -0.2) is 122 Å². The molecule has 0 bridgehead atoms. The summed E-state index contributed by atoms with van der Waals surface area (Å²) in [5.41, 5.74) is 0. The van der Waals surface area contributed by atoms with E-state index in [4.69, 9.17) is 5.11 Å². The summed E-state index contributed by atoms with van der Waals surface area (Å²) in [6, 6.07) is 1.25. The summed E-state index contributed by atoms with van der Waals surface area (Å²) in [6.07, 6.45) is 0.797. The summed E-state index contributed by atoms with van der Waals surface area (Å²) in [6.45, 7) is 22.2. The van der Waals surface area contributed by atoms with Crippen LogP contribution in [0.5, 0.6) is 0 Å². The number of hydrogen-bond donors (Lipinski definition) is 1. The van der Waals surface area contributed by atoms with Crippen LogP contribution in [0.4, 0.5) is 0 Å². The molecule has 0 aromatic carbocycles. The van der Waals surface area contributed by atoms with Crippen LogP contribution >= 0.6 is 0 Å². The van der Waals surface area contributed by atoms with Crippen LogP contribution in [0.1, 0.15) is 74.7 Å². The lowest BCUT2D eigenvalue weighted by molar-refractivity contribution is -0.141. The van der Waals surface area contributed by atoms with Crippen LogP contribution in [0.15, 0.2) is 0 Å². The molecule has 0 rings (SSSR count). The van der Waals surface area contributed by atoms with Gasteiger partial charge in [-0.3, -0.25) is 29.0 Å². The van der Waals surface area contributed by atoms with E-state index < -0.39 is 5.97 Å². The first-order chi connectivity index (χ1) is 17.8. The normalized spacial score (nSPS) is 10.7. The predicted molar refractivity (Wildman–Crippen MR) is 149 cm³/mol. The van der Waals surface area contributed by atoms with Crippen molar-refractivity contribution >= 4 is 24.4 Å². The predicted octanol–water partition coefficient (Wildman–Crippen LogP) is 2.90. The quantitative estimate of drug-likeness (QED) is 0.117. The molecular weight excluding hydrogens is 494 g/mol. The van der Waals surface area contributed by atoms with Crippen molar-refractivity contribution < 1.29 is 38.5 Å². The zero-order valence-corrected chi connectivity index (χ0v) is 25.5. The number of carbonyl (C=O) groups is 4. The molecule has 0 radical (unpaired) electrons. The van der Waals surface area contributed by atoms with Gasteiger partial charge in [0.15, 0.2) is 0 Å². The van der Waals surface area contributed by atoms with Crippen LogP contribution in [0.2, 0.25) is 0 Å². The Balaban J connectivity index is -0.000000510. The number of methoxy groups -OCH3 is 2. The molecule has 0 aromatic rings. The molecule has 226 valence electrons. The lowest BCUT2D eigenvalue weighted by Gasteiger charge is -2.25. The number of esters is 2. The van der Waals surface area contributed by atoms with Crippen molar-refractivity contribution in [3.8, 4) is 0 Å². The van der Waals surface area contributed by atoms with Crippen molar-refractivity contribution in [2.45, 2.75) is 92.8 Å². The molecule has 0 saturated carbocycles. The van der Waals surface area contributed by atoms with Crippen molar-refractivity contribution in [2.75, 3.05) is 60.1 Å². The van der Waals surface area contributed by atoms with Gasteiger partial charge in [0.05, 0.1) is 33.5 Å². The Morgan fingerprint density at radius 3 is 1.32 bits per heavy atom. The zero-order chi connectivity index (χ0) is 30.1. The number of aliphatic carboxylic acids is 1. The standard InChI is InChI=1S/C11H21NO4.C9H17NO4.C7H17N/c1-9(2)12(7-5-10(13)15-3)8-6-11(14)16-4;1-8(2)10(4-3-9(12)13)5-6-14-7-11;1-5-8(6-2)7(3)4/h9H,5-8H2,1-4H3;7-8H,3-6H2,1-2H3,(H,12,13);7H,5-6H2,1-4H3. The largest absolute Gasteiger partial charge is 0.481 e.